The maximum Gasteiger partial charge on any atom is 0.240 e. The minimum absolute atomic E-state index is 0.150. The van der Waals surface area contributed by atoms with Crippen LogP contribution in [-0.2, 0) is 10.0 Å². The molecular weight excluding hydrogens is 514 g/mol. The van der Waals surface area contributed by atoms with Crippen molar-refractivity contribution in [3.05, 3.63) is 66.4 Å². The fourth-order valence-corrected chi connectivity index (χ4v) is 5.38. The highest BCUT2D eigenvalue weighted by molar-refractivity contribution is 7.89. The maximum absolute atomic E-state index is 13.5. The van der Waals surface area contributed by atoms with E-state index < -0.39 is 27.3 Å². The number of piperidine rings is 1. The summed E-state index contributed by atoms with van der Waals surface area (Å²) >= 11 is 0. The molecule has 12 heteroatoms. The molecule has 2 heterocycles. The predicted molar refractivity (Wildman–Crippen MR) is 142 cm³/mol. The van der Waals surface area contributed by atoms with E-state index in [0.717, 1.165) is 38.1 Å². The van der Waals surface area contributed by atoms with Gasteiger partial charge < -0.3 is 20.6 Å². The number of rotatable bonds is 10. The third kappa shape index (κ3) is 7.90. The lowest BCUT2D eigenvalue weighted by molar-refractivity contribution is 0.0248. The first-order valence-electron chi connectivity index (χ1n) is 12.3. The molecule has 4 N–H and O–H groups in total. The Morgan fingerprint density at radius 3 is 2.34 bits per heavy atom. The van der Waals surface area contributed by atoms with Gasteiger partial charge >= 0.3 is 0 Å². The second kappa shape index (κ2) is 11.7. The summed E-state index contributed by atoms with van der Waals surface area (Å²) in [5, 5.41) is 15.9. The minimum atomic E-state index is -3.67. The summed E-state index contributed by atoms with van der Waals surface area (Å²) in [6, 6.07) is 11.2. The molecule has 1 saturated heterocycles. The number of aliphatic hydroxyl groups is 1. The zero-order valence-electron chi connectivity index (χ0n) is 21.3. The van der Waals surface area contributed by atoms with Crippen LogP contribution < -0.4 is 15.4 Å². The van der Waals surface area contributed by atoms with Gasteiger partial charge in [-0.1, -0.05) is 0 Å². The Labute approximate surface area is 221 Å². The average Bonchev–Trinajstić information content (AvgIpc) is 2.86. The van der Waals surface area contributed by atoms with Gasteiger partial charge in [0.05, 0.1) is 10.5 Å². The standard InChI is InChI=1S/C26H32F2N6O3S/c1-26(2,35)17-34-13-10-18(11-14-34)16-30-38(36,37)21-6-3-19(4-7-21)32-25-29-12-9-24(33-25)31-20-5-8-22(27)23(28)15-20/h3-9,12,15,18,30,35H,10-11,13-14,16-17H2,1-2H3,(H2,29,31,32,33). The number of nitrogens with zero attached hydrogens (tertiary/aromatic N) is 3. The second-order valence-corrected chi connectivity index (χ2v) is 11.8. The largest absolute Gasteiger partial charge is 0.389 e. The van der Waals surface area contributed by atoms with E-state index in [1.54, 1.807) is 32.0 Å². The molecule has 9 nitrogen and oxygen atoms in total. The van der Waals surface area contributed by atoms with E-state index in [-0.39, 0.29) is 16.8 Å². The Hall–Kier alpha value is -3.19. The van der Waals surface area contributed by atoms with Gasteiger partial charge in [0.2, 0.25) is 16.0 Å². The van der Waals surface area contributed by atoms with Crippen molar-refractivity contribution in [1.82, 2.24) is 19.6 Å². The molecule has 0 saturated carbocycles. The van der Waals surface area contributed by atoms with Gasteiger partial charge in [0, 0.05) is 36.7 Å². The van der Waals surface area contributed by atoms with E-state index in [9.17, 15) is 22.3 Å². The number of nitrogens with one attached hydrogen (secondary N) is 3. The molecule has 0 bridgehead atoms. The van der Waals surface area contributed by atoms with E-state index in [0.29, 0.717) is 30.3 Å². The summed E-state index contributed by atoms with van der Waals surface area (Å²) in [4.78, 5) is 10.8. The Morgan fingerprint density at radius 1 is 1.00 bits per heavy atom. The van der Waals surface area contributed by atoms with Crippen molar-refractivity contribution < 1.29 is 22.3 Å². The first-order valence-corrected chi connectivity index (χ1v) is 13.8. The molecule has 3 aromatic rings. The number of sulfonamides is 1. The number of benzene rings is 2. The Bertz CT molecular complexity index is 1340. The summed E-state index contributed by atoms with van der Waals surface area (Å²) < 4.78 is 54.9. The maximum atomic E-state index is 13.5. The molecule has 0 aliphatic carbocycles. The molecule has 0 amide bonds. The molecule has 0 atom stereocenters. The van der Waals surface area contributed by atoms with Crippen molar-refractivity contribution in [3.63, 3.8) is 0 Å². The van der Waals surface area contributed by atoms with E-state index in [1.807, 2.05) is 0 Å². The topological polar surface area (TPSA) is 119 Å². The highest BCUT2D eigenvalue weighted by Crippen LogP contribution is 2.22. The number of likely N-dealkylation sites (tertiary alicyclic amines) is 1. The summed E-state index contributed by atoms with van der Waals surface area (Å²) in [5.74, 6) is -1.07. The molecule has 1 aliphatic heterocycles. The van der Waals surface area contributed by atoms with E-state index in [2.05, 4.69) is 30.2 Å². The van der Waals surface area contributed by atoms with Gasteiger partial charge in [-0.25, -0.2) is 26.9 Å². The summed E-state index contributed by atoms with van der Waals surface area (Å²) in [5.41, 5.74) is 0.162. The number of aromatic nitrogens is 2. The quantitative estimate of drug-likeness (QED) is 0.301. The summed E-state index contributed by atoms with van der Waals surface area (Å²) in [7, 11) is -3.67. The molecule has 1 aliphatic rings. The number of hydrogen-bond acceptors (Lipinski definition) is 8. The number of hydrogen-bond donors (Lipinski definition) is 4. The van der Waals surface area contributed by atoms with E-state index in [4.69, 9.17) is 0 Å². The highest BCUT2D eigenvalue weighted by Gasteiger charge is 2.25. The van der Waals surface area contributed by atoms with E-state index >= 15 is 0 Å². The smallest absolute Gasteiger partial charge is 0.240 e. The first-order chi connectivity index (χ1) is 18.0. The second-order valence-electron chi connectivity index (χ2n) is 10.1. The van der Waals surface area contributed by atoms with Gasteiger partial charge in [0.15, 0.2) is 11.6 Å². The zero-order chi connectivity index (χ0) is 27.3. The van der Waals surface area contributed by atoms with Gasteiger partial charge in [-0.15, -0.1) is 0 Å². The van der Waals surface area contributed by atoms with Crippen LogP contribution in [-0.4, -0.2) is 60.2 Å². The molecule has 38 heavy (non-hydrogen) atoms. The Morgan fingerprint density at radius 2 is 1.68 bits per heavy atom. The number of β-amino-alcohol motifs (C(OH)–C–C–N with tert-alkyl or cyclic N) is 1. The van der Waals surface area contributed by atoms with Gasteiger partial charge in [-0.05, 0) is 88.2 Å². The number of halogens is 2. The zero-order valence-corrected chi connectivity index (χ0v) is 22.1. The van der Waals surface area contributed by atoms with E-state index in [1.165, 1.54) is 24.4 Å². The number of anilines is 4. The monoisotopic (exact) mass is 546 g/mol. The van der Waals surface area contributed by atoms with Gasteiger partial charge in [0.25, 0.3) is 0 Å². The molecule has 0 radical (unpaired) electrons. The predicted octanol–water partition coefficient (Wildman–Crippen LogP) is 4.00. The normalized spacial score (nSPS) is 15.4. The van der Waals surface area contributed by atoms with Crippen molar-refractivity contribution in [3.8, 4) is 0 Å². The van der Waals surface area contributed by atoms with Crippen LogP contribution in [0.1, 0.15) is 26.7 Å². The highest BCUT2D eigenvalue weighted by atomic mass is 32.2. The molecule has 2 aromatic carbocycles. The fourth-order valence-electron chi connectivity index (χ4n) is 4.26. The van der Waals surface area contributed by atoms with Crippen LogP contribution in [0.3, 0.4) is 0 Å². The third-order valence-corrected chi connectivity index (χ3v) is 7.59. The lowest BCUT2D eigenvalue weighted by Crippen LogP contribution is -2.44. The van der Waals surface area contributed by atoms with Gasteiger partial charge in [-0.2, -0.15) is 4.98 Å². The molecule has 204 valence electrons. The third-order valence-electron chi connectivity index (χ3n) is 6.15. The minimum Gasteiger partial charge on any atom is -0.389 e. The van der Waals surface area contributed by atoms with Crippen molar-refractivity contribution in [1.29, 1.82) is 0 Å². The Balaban J connectivity index is 1.30. The first kappa shape index (κ1) is 27.8. The molecule has 1 aromatic heterocycles. The SMILES string of the molecule is CC(C)(O)CN1CCC(CNS(=O)(=O)c2ccc(Nc3nccc(Nc4ccc(F)c(F)c4)n3)cc2)CC1. The van der Waals surface area contributed by atoms with Crippen molar-refractivity contribution in [2.24, 2.45) is 5.92 Å². The average molecular weight is 547 g/mol. The van der Waals surface area contributed by atoms with Gasteiger partial charge in [0.1, 0.15) is 5.82 Å². The van der Waals surface area contributed by atoms with Crippen LogP contribution in [0.2, 0.25) is 0 Å². The summed E-state index contributed by atoms with van der Waals surface area (Å²) in [6.07, 6.45) is 3.23. The lowest BCUT2D eigenvalue weighted by Gasteiger charge is -2.35. The fraction of sp³-hybridized carbons (Fsp3) is 0.385. The molecule has 0 spiro atoms. The van der Waals surface area contributed by atoms with Gasteiger partial charge in [-0.3, -0.25) is 0 Å². The van der Waals surface area contributed by atoms with Crippen molar-refractivity contribution in [2.45, 2.75) is 37.2 Å². The lowest BCUT2D eigenvalue weighted by atomic mass is 9.96. The van der Waals surface area contributed by atoms with Crippen LogP contribution >= 0.6 is 0 Å². The van der Waals surface area contributed by atoms with Crippen LogP contribution in [0.4, 0.5) is 31.9 Å². The van der Waals surface area contributed by atoms with Crippen LogP contribution in [0.25, 0.3) is 0 Å². The molecule has 0 unspecified atom stereocenters. The van der Waals surface area contributed by atoms with Crippen LogP contribution in [0.15, 0.2) is 59.6 Å². The van der Waals surface area contributed by atoms with Crippen molar-refractivity contribution >= 4 is 33.2 Å². The molecular formula is C26H32F2N6O3S. The van der Waals surface area contributed by atoms with Crippen molar-refractivity contribution in [2.75, 3.05) is 36.8 Å². The molecule has 4 rings (SSSR count). The summed E-state index contributed by atoms with van der Waals surface area (Å²) in [6.45, 7) is 6.20. The van der Waals surface area contributed by atoms with Crippen LogP contribution in [0.5, 0.6) is 0 Å². The van der Waals surface area contributed by atoms with Crippen LogP contribution in [0, 0.1) is 17.6 Å². The Kier molecular flexibility index (Phi) is 8.56. The molecule has 1 fully saturated rings.